The molecule has 0 heterocycles. The molecule has 0 radical (unpaired) electrons. The quantitative estimate of drug-likeness (QED) is 0.101. The molecular weight excluding hydrogens is 789 g/mol. The van der Waals surface area contributed by atoms with Crippen LogP contribution in [0.25, 0.3) is 0 Å². The van der Waals surface area contributed by atoms with E-state index in [-0.39, 0.29) is 47.0 Å². The van der Waals surface area contributed by atoms with Crippen LogP contribution < -0.4 is 34.4 Å². The van der Waals surface area contributed by atoms with E-state index in [4.69, 9.17) is 0 Å². The molecular formula is C16H34MoN6S13-6. The fourth-order valence-corrected chi connectivity index (χ4v) is 2.22. The van der Waals surface area contributed by atoms with Crippen LogP contribution in [0.1, 0.15) is 40.5 Å². The third-order valence-electron chi connectivity index (χ3n) is 1.68. The number of thiocarbonyl (C=S) groups is 6. The largest absolute Gasteiger partial charge is 0.415 e. The van der Waals surface area contributed by atoms with Crippen molar-refractivity contribution in [2.75, 3.05) is 11.5 Å². The third kappa shape index (κ3) is 457. The van der Waals surface area contributed by atoms with Crippen LogP contribution in [0.3, 0.4) is 0 Å². The van der Waals surface area contributed by atoms with Crippen molar-refractivity contribution < 1.29 is 21.1 Å². The second-order valence-corrected chi connectivity index (χ2v) is 13.9. The summed E-state index contributed by atoms with van der Waals surface area (Å²) in [6, 6.07) is 0. The van der Waals surface area contributed by atoms with Crippen LogP contribution in [0, 0.1) is 11.8 Å². The van der Waals surface area contributed by atoms with Gasteiger partial charge in [-0.1, -0.05) is 53.6 Å². The molecule has 218 valence electrons. The summed E-state index contributed by atoms with van der Waals surface area (Å²) in [6.45, 7) is 9.18. The van der Waals surface area contributed by atoms with Crippen molar-refractivity contribution in [3.05, 3.63) is 0 Å². The normalized spacial score (nSPS) is 7.50. The molecule has 0 unspecified atom stereocenters. The number of rotatable bonds is 6. The van der Waals surface area contributed by atoms with Crippen molar-refractivity contribution in [1.29, 1.82) is 0 Å². The maximum Gasteiger partial charge on any atom is 0 e. The van der Waals surface area contributed by atoms with E-state index < -0.39 is 0 Å². The molecule has 0 aromatic carbocycles. The Kier molecular flexibility index (Phi) is 79.4. The van der Waals surface area contributed by atoms with Gasteiger partial charge in [0.1, 0.15) is 0 Å². The van der Waals surface area contributed by atoms with E-state index in [1.807, 2.05) is 0 Å². The van der Waals surface area contributed by atoms with E-state index in [2.05, 4.69) is 223 Å². The molecule has 0 aliphatic rings. The van der Waals surface area contributed by atoms with E-state index >= 15 is 0 Å². The minimum Gasteiger partial charge on any atom is -0.415 e. The molecule has 0 bridgehead atoms. The molecule has 0 fully saturated rings. The van der Waals surface area contributed by atoms with Gasteiger partial charge >= 0.3 is 0 Å². The molecule has 0 aliphatic heterocycles. The summed E-state index contributed by atoms with van der Waals surface area (Å²) in [6.07, 6.45) is 2.76. The van der Waals surface area contributed by atoms with Crippen LogP contribution in [0.5, 0.6) is 0 Å². The van der Waals surface area contributed by atoms with Crippen molar-refractivity contribution in [1.82, 2.24) is 0 Å². The van der Waals surface area contributed by atoms with Crippen LogP contribution in [0.2, 0.25) is 0 Å². The standard InChI is InChI=1S/C10H22S.6CH3NS2.Mo/c1-9(2)5-7-11-8-6-10(3)4;6*2-1(3)4;/h9-10H,5-8H2,1-4H3;6*(H3,2,3,4);/p-6. The Balaban J connectivity index is -0.0000000449. The van der Waals surface area contributed by atoms with Gasteiger partial charge in [0.15, 0.2) is 0 Å². The van der Waals surface area contributed by atoms with Crippen LogP contribution in [0.15, 0.2) is 0 Å². The van der Waals surface area contributed by atoms with Gasteiger partial charge < -0.3 is 183 Å². The fourth-order valence-electron chi connectivity index (χ4n) is 0.740. The van der Waals surface area contributed by atoms with Gasteiger partial charge in [-0.05, 0) is 36.2 Å². The van der Waals surface area contributed by atoms with E-state index in [1.54, 1.807) is 0 Å². The van der Waals surface area contributed by atoms with E-state index in [0.717, 1.165) is 11.8 Å². The zero-order chi connectivity index (χ0) is 30.2. The first-order valence-electron chi connectivity index (χ1n) is 8.88. The van der Waals surface area contributed by atoms with Crippen molar-refractivity contribution in [3.63, 3.8) is 0 Å². The molecule has 12 N–H and O–H groups in total. The van der Waals surface area contributed by atoms with Crippen LogP contribution in [-0.4, -0.2) is 37.4 Å². The maximum atomic E-state index is 4.66. The van der Waals surface area contributed by atoms with Gasteiger partial charge in [0, 0.05) is 21.1 Å². The molecule has 36 heavy (non-hydrogen) atoms. The third-order valence-corrected chi connectivity index (χ3v) is 2.73. The second kappa shape index (κ2) is 49.6. The van der Waals surface area contributed by atoms with Crippen LogP contribution in [-0.2, 0) is 96.8 Å². The number of nitrogens with two attached hydrogens (primary N) is 6. The first kappa shape index (κ1) is 57.6. The fraction of sp³-hybridized carbons (Fsp3) is 0.625. The Morgan fingerprint density at radius 1 is 0.500 bits per heavy atom. The van der Waals surface area contributed by atoms with Crippen LogP contribution in [0.4, 0.5) is 0 Å². The summed E-state index contributed by atoms with van der Waals surface area (Å²) in [5.74, 6) is 4.46. The average molecular weight is 823 g/mol. The summed E-state index contributed by atoms with van der Waals surface area (Å²) in [7, 11) is 0. The monoisotopic (exact) mass is 824 g/mol. The predicted octanol–water partition coefficient (Wildman–Crippen LogP) is 2.47. The Bertz CT molecular complexity index is 426. The van der Waals surface area contributed by atoms with E-state index in [9.17, 15) is 0 Å². The molecule has 0 saturated heterocycles. The van der Waals surface area contributed by atoms with Gasteiger partial charge in [-0.2, -0.15) is 11.8 Å². The summed E-state index contributed by atoms with van der Waals surface area (Å²) in [5.41, 5.74) is 27.9. The summed E-state index contributed by atoms with van der Waals surface area (Å²) in [4.78, 5) is 0. The van der Waals surface area contributed by atoms with Crippen molar-refractivity contribution in [2.45, 2.75) is 40.5 Å². The minimum atomic E-state index is 0. The smallest absolute Gasteiger partial charge is 0 e. The Labute approximate surface area is 302 Å². The van der Waals surface area contributed by atoms with Gasteiger partial charge in [0.25, 0.3) is 0 Å². The van der Waals surface area contributed by atoms with Crippen molar-refractivity contribution in [3.8, 4) is 0 Å². The number of hydrogen-bond acceptors (Lipinski definition) is 13. The van der Waals surface area contributed by atoms with E-state index in [1.165, 1.54) is 24.3 Å². The minimum absolute atomic E-state index is 0. The SMILES string of the molecule is CC(C)CCSCCC(C)C.NC(=S)[S-].NC(=S)[S-].NC(=S)[S-].NC(=S)[S-].NC(=S)[S-].NC(=S)[S-].[Mo]. The van der Waals surface area contributed by atoms with Gasteiger partial charge in [-0.25, -0.2) is 0 Å². The van der Waals surface area contributed by atoms with Gasteiger partial charge in [-0.15, -0.1) is 0 Å². The van der Waals surface area contributed by atoms with Gasteiger partial charge in [0.05, 0.1) is 0 Å². The molecule has 0 saturated carbocycles. The van der Waals surface area contributed by atoms with Gasteiger partial charge in [-0.3, -0.25) is 0 Å². The summed E-state index contributed by atoms with van der Waals surface area (Å²) < 4.78 is 0.500. The molecule has 6 nitrogen and oxygen atoms in total. The van der Waals surface area contributed by atoms with Gasteiger partial charge in [0.2, 0.25) is 0 Å². The zero-order valence-electron chi connectivity index (χ0n) is 20.2. The Morgan fingerprint density at radius 2 is 0.611 bits per heavy atom. The molecule has 0 spiro atoms. The number of hydrogen-bond donors (Lipinski definition) is 6. The van der Waals surface area contributed by atoms with Crippen molar-refractivity contribution >= 4 is 187 Å². The van der Waals surface area contributed by atoms with E-state index in [0.29, 0.717) is 0 Å². The van der Waals surface area contributed by atoms with Crippen molar-refractivity contribution in [2.24, 2.45) is 46.2 Å². The zero-order valence-corrected chi connectivity index (χ0v) is 32.8. The molecule has 0 aliphatic carbocycles. The average Bonchev–Trinajstić information content (AvgIpc) is 2.50. The molecule has 0 rings (SSSR count). The molecule has 20 heteroatoms. The first-order chi connectivity index (χ1) is 15.5. The first-order valence-corrected chi connectivity index (χ1v) is 14.9. The summed E-state index contributed by atoms with van der Waals surface area (Å²) >= 11 is 51.7. The second-order valence-electron chi connectivity index (χ2n) is 5.89. The van der Waals surface area contributed by atoms with Crippen LogP contribution >= 0.6 is 85.1 Å². The molecule has 0 aromatic heterocycles. The number of thioether (sulfide) groups is 1. The maximum absolute atomic E-state index is 4.66. The summed E-state index contributed by atoms with van der Waals surface area (Å²) in [5, 5.41) is 0. The molecule has 0 amide bonds. The Hall–Kier alpha value is 1.70. The molecule has 0 aromatic rings. The topological polar surface area (TPSA) is 156 Å². The predicted molar refractivity (Wildman–Crippen MR) is 201 cm³/mol. The molecule has 0 atom stereocenters. The Morgan fingerprint density at radius 3 is 0.694 bits per heavy atom.